The summed E-state index contributed by atoms with van der Waals surface area (Å²) in [6, 6.07) is 5.56. The van der Waals surface area contributed by atoms with Crippen molar-refractivity contribution in [3.63, 3.8) is 0 Å². The van der Waals surface area contributed by atoms with Crippen molar-refractivity contribution in [2.75, 3.05) is 52.5 Å². The van der Waals surface area contributed by atoms with Gasteiger partial charge in [-0.2, -0.15) is 0 Å². The number of hydrogen-bond acceptors (Lipinski definition) is 7. The molecule has 1 atom stereocenters. The van der Waals surface area contributed by atoms with Crippen LogP contribution in [0.1, 0.15) is 12.0 Å². The van der Waals surface area contributed by atoms with E-state index in [4.69, 9.17) is 14.1 Å². The molecule has 1 aromatic carbocycles. The fourth-order valence-corrected chi connectivity index (χ4v) is 3.49. The van der Waals surface area contributed by atoms with Crippen LogP contribution in [0.3, 0.4) is 0 Å². The number of nitrogens with zero attached hydrogens (tertiary/aromatic N) is 4. The molecule has 1 unspecified atom stereocenters. The molecule has 27 heavy (non-hydrogen) atoms. The third kappa shape index (κ3) is 4.74. The van der Waals surface area contributed by atoms with Gasteiger partial charge in [-0.15, -0.1) is 0 Å². The van der Waals surface area contributed by atoms with E-state index in [1.807, 2.05) is 23.1 Å². The summed E-state index contributed by atoms with van der Waals surface area (Å²) in [5, 5.41) is 10.6. The molecule has 2 aromatic rings. The van der Waals surface area contributed by atoms with Gasteiger partial charge in [0.1, 0.15) is 11.0 Å². The Morgan fingerprint density at radius 1 is 1.15 bits per heavy atom. The number of carbonyl (C=O) groups excluding carboxylic acids is 1. The summed E-state index contributed by atoms with van der Waals surface area (Å²) in [7, 11) is 0. The summed E-state index contributed by atoms with van der Waals surface area (Å²) in [6.45, 7) is 6.65. The number of amides is 2. The lowest BCUT2D eigenvalue weighted by atomic mass is 10.2. The van der Waals surface area contributed by atoms with Crippen molar-refractivity contribution in [1.29, 1.82) is 0 Å². The molecule has 146 valence electrons. The highest BCUT2D eigenvalue weighted by Crippen LogP contribution is 2.12. The summed E-state index contributed by atoms with van der Waals surface area (Å²) in [5.41, 5.74) is 2.36. The van der Waals surface area contributed by atoms with Crippen molar-refractivity contribution in [3.8, 4) is 0 Å². The largest absolute Gasteiger partial charge is 0.379 e. The highest BCUT2D eigenvalue weighted by Gasteiger charge is 2.25. The number of rotatable bonds is 4. The van der Waals surface area contributed by atoms with E-state index in [1.165, 1.54) is 0 Å². The molecule has 9 heteroatoms. The van der Waals surface area contributed by atoms with Gasteiger partial charge in [0.2, 0.25) is 0 Å². The lowest BCUT2D eigenvalue weighted by molar-refractivity contribution is -0.0101. The molecule has 2 saturated heterocycles. The van der Waals surface area contributed by atoms with Crippen LogP contribution in [-0.2, 0) is 16.0 Å². The van der Waals surface area contributed by atoms with Crippen molar-refractivity contribution in [2.24, 2.45) is 0 Å². The van der Waals surface area contributed by atoms with E-state index in [0.29, 0.717) is 37.3 Å². The first kappa shape index (κ1) is 18.1. The number of nitrogens with one attached hydrogen (secondary N) is 1. The molecule has 0 aliphatic carbocycles. The van der Waals surface area contributed by atoms with Gasteiger partial charge in [-0.25, -0.2) is 9.42 Å². The van der Waals surface area contributed by atoms with E-state index in [-0.39, 0.29) is 12.1 Å². The minimum Gasteiger partial charge on any atom is -0.379 e. The van der Waals surface area contributed by atoms with Crippen LogP contribution in [-0.4, -0.2) is 84.8 Å². The average molecular weight is 375 g/mol. The summed E-state index contributed by atoms with van der Waals surface area (Å²) >= 11 is 0. The zero-order valence-corrected chi connectivity index (χ0v) is 15.3. The molecule has 0 saturated carbocycles. The maximum atomic E-state index is 12.7. The van der Waals surface area contributed by atoms with Gasteiger partial charge in [0.05, 0.1) is 19.3 Å². The molecule has 2 fully saturated rings. The topological polar surface area (TPSA) is 93.0 Å². The van der Waals surface area contributed by atoms with E-state index in [1.54, 1.807) is 0 Å². The predicted octanol–water partition coefficient (Wildman–Crippen LogP) is 0.856. The van der Waals surface area contributed by atoms with Gasteiger partial charge in [-0.1, -0.05) is 6.07 Å². The van der Waals surface area contributed by atoms with Crippen molar-refractivity contribution >= 4 is 17.1 Å². The van der Waals surface area contributed by atoms with Gasteiger partial charge in [-0.3, -0.25) is 4.90 Å². The van der Waals surface area contributed by atoms with Gasteiger partial charge in [0, 0.05) is 45.9 Å². The van der Waals surface area contributed by atoms with E-state index in [9.17, 15) is 4.79 Å². The number of urea groups is 1. The van der Waals surface area contributed by atoms with Crippen LogP contribution in [0.2, 0.25) is 0 Å². The lowest BCUT2D eigenvalue weighted by Crippen LogP contribution is -2.47. The Balaban J connectivity index is 1.30. The lowest BCUT2D eigenvalue weighted by Gasteiger charge is -2.31. The minimum absolute atomic E-state index is 0.0360. The molecule has 0 radical (unpaired) electrons. The van der Waals surface area contributed by atoms with E-state index in [0.717, 1.165) is 44.8 Å². The van der Waals surface area contributed by atoms with Gasteiger partial charge in [0.15, 0.2) is 0 Å². The summed E-state index contributed by atoms with van der Waals surface area (Å²) in [6.07, 6.45) is 0.887. The number of morpholine rings is 1. The fraction of sp³-hybridized carbons (Fsp3) is 0.611. The third-order valence-electron chi connectivity index (χ3n) is 4.96. The first-order valence-corrected chi connectivity index (χ1v) is 9.43. The molecule has 2 aliphatic rings. The highest BCUT2D eigenvalue weighted by molar-refractivity contribution is 5.75. The average Bonchev–Trinajstić information content (AvgIpc) is 3.04. The predicted molar refractivity (Wildman–Crippen MR) is 97.2 cm³/mol. The summed E-state index contributed by atoms with van der Waals surface area (Å²) in [4.78, 5) is 16.9. The first-order valence-electron chi connectivity index (χ1n) is 9.43. The molecule has 3 heterocycles. The molecular formula is C18H25N5O4. The minimum atomic E-state index is -0.0640. The third-order valence-corrected chi connectivity index (χ3v) is 4.96. The number of ether oxygens (including phenoxy) is 2. The van der Waals surface area contributed by atoms with Crippen molar-refractivity contribution in [1.82, 2.24) is 25.4 Å². The number of hydrogen-bond donors (Lipinski definition) is 1. The highest BCUT2D eigenvalue weighted by atomic mass is 16.6. The molecule has 2 amide bonds. The normalized spacial score (nSPS) is 21.9. The summed E-state index contributed by atoms with van der Waals surface area (Å²) < 4.78 is 16.1. The maximum absolute atomic E-state index is 12.7. The summed E-state index contributed by atoms with van der Waals surface area (Å²) in [5.74, 6) is 0. The van der Waals surface area contributed by atoms with Crippen molar-refractivity contribution in [2.45, 2.75) is 19.1 Å². The second-order valence-corrected chi connectivity index (χ2v) is 6.95. The zero-order valence-electron chi connectivity index (χ0n) is 15.3. The van der Waals surface area contributed by atoms with Crippen molar-refractivity contribution < 1.29 is 18.9 Å². The smallest absolute Gasteiger partial charge is 0.317 e. The van der Waals surface area contributed by atoms with Gasteiger partial charge >= 0.3 is 6.03 Å². The Morgan fingerprint density at radius 3 is 2.89 bits per heavy atom. The van der Waals surface area contributed by atoms with Crippen LogP contribution in [0.4, 0.5) is 4.79 Å². The molecule has 0 spiro atoms. The Labute approximate surface area is 157 Å². The Kier molecular flexibility index (Phi) is 5.81. The SMILES string of the molecule is O=C(NCc1ccc2nonc2c1)N1CCCOC(CN2CCOCC2)C1. The fourth-order valence-electron chi connectivity index (χ4n) is 3.49. The van der Waals surface area contributed by atoms with Crippen LogP contribution in [0, 0.1) is 0 Å². The molecule has 1 aromatic heterocycles. The quantitative estimate of drug-likeness (QED) is 0.847. The number of benzene rings is 1. The van der Waals surface area contributed by atoms with Crippen LogP contribution in [0.15, 0.2) is 22.8 Å². The molecular weight excluding hydrogens is 350 g/mol. The second-order valence-electron chi connectivity index (χ2n) is 6.95. The Bertz CT molecular complexity index is 761. The Hall–Kier alpha value is -2.23. The maximum Gasteiger partial charge on any atom is 0.317 e. The van der Waals surface area contributed by atoms with Crippen molar-refractivity contribution in [3.05, 3.63) is 23.8 Å². The van der Waals surface area contributed by atoms with Crippen LogP contribution < -0.4 is 5.32 Å². The van der Waals surface area contributed by atoms with E-state index >= 15 is 0 Å². The molecule has 1 N–H and O–H groups in total. The first-order chi connectivity index (χ1) is 13.3. The molecule has 9 nitrogen and oxygen atoms in total. The van der Waals surface area contributed by atoms with Crippen LogP contribution in [0.25, 0.3) is 11.0 Å². The van der Waals surface area contributed by atoms with Gasteiger partial charge in [0.25, 0.3) is 0 Å². The zero-order chi connectivity index (χ0) is 18.5. The molecule has 4 rings (SSSR count). The van der Waals surface area contributed by atoms with E-state index in [2.05, 4.69) is 20.5 Å². The second kappa shape index (κ2) is 8.64. The van der Waals surface area contributed by atoms with Crippen LogP contribution in [0.5, 0.6) is 0 Å². The van der Waals surface area contributed by atoms with Gasteiger partial charge in [-0.05, 0) is 34.4 Å². The monoisotopic (exact) mass is 375 g/mol. The van der Waals surface area contributed by atoms with Gasteiger partial charge < -0.3 is 19.7 Å². The number of carbonyl (C=O) groups is 1. The van der Waals surface area contributed by atoms with E-state index < -0.39 is 0 Å². The Morgan fingerprint density at radius 2 is 2.00 bits per heavy atom. The standard InChI is InChI=1S/C18H25N5O4/c24-18(19-11-14-2-3-16-17(10-14)21-27-20-16)23-4-1-7-26-15(13-23)12-22-5-8-25-9-6-22/h2-3,10,15H,1,4-9,11-13H2,(H,19,24). The molecule has 0 bridgehead atoms. The number of aromatic nitrogens is 2. The molecule has 2 aliphatic heterocycles. The number of fused-ring (bicyclic) bond motifs is 1. The van der Waals surface area contributed by atoms with Crippen LogP contribution >= 0.6 is 0 Å².